The number of primary amides is 1. The van der Waals surface area contributed by atoms with Gasteiger partial charge in [0.25, 0.3) is 10.5 Å². The van der Waals surface area contributed by atoms with Crippen LogP contribution in [-0.2, 0) is 0 Å². The summed E-state index contributed by atoms with van der Waals surface area (Å²) in [5.74, 6) is 0. The zero-order valence-corrected chi connectivity index (χ0v) is 9.56. The molecule has 2 amide bonds. The topological polar surface area (TPSA) is 110 Å². The maximum atomic E-state index is 10.3. The predicted molar refractivity (Wildman–Crippen MR) is 61.9 cm³/mol. The molecule has 84 valence electrons. The summed E-state index contributed by atoms with van der Waals surface area (Å²) >= 11 is 6.69. The molecule has 0 radical (unpaired) electrons. The molecule has 1 rings (SSSR count). The number of hydrogen-bond donors (Lipinski definition) is 5. The van der Waals surface area contributed by atoms with Crippen LogP contribution >= 0.6 is 25.3 Å². The van der Waals surface area contributed by atoms with E-state index in [1.807, 2.05) is 5.01 Å². The van der Waals surface area contributed by atoms with Crippen LogP contribution < -0.4 is 17.3 Å². The molecule has 1 fully saturated rings. The highest BCUT2D eigenvalue weighted by Crippen LogP contribution is 2.03. The summed E-state index contributed by atoms with van der Waals surface area (Å²) in [7, 11) is 0. The number of amides is 2. The number of rotatable bonds is 1. The first-order valence-corrected chi connectivity index (χ1v) is 4.64. The lowest BCUT2D eigenvalue weighted by Crippen LogP contribution is -2.36. The van der Waals surface area contributed by atoms with E-state index in [2.05, 4.69) is 36.4 Å². The molecule has 0 aromatic heterocycles. The number of carbonyl (C=O) groups is 2. The molecule has 1 heterocycles. The molecule has 1 saturated heterocycles. The number of nitrogens with two attached hydrogens (primary N) is 1. The summed E-state index contributed by atoms with van der Waals surface area (Å²) in [5.41, 5.74) is 6.94. The van der Waals surface area contributed by atoms with Crippen LogP contribution in [0.5, 0.6) is 0 Å². The molecule has 0 aliphatic carbocycles. The average Bonchev–Trinajstić information content (AvgIpc) is 2.36. The number of carbonyl (C=O) groups excluding carboxylic acids is 2. The van der Waals surface area contributed by atoms with Crippen molar-refractivity contribution in [3.8, 4) is 0 Å². The lowest BCUT2D eigenvalue weighted by Gasteiger charge is -2.12. The minimum absolute atomic E-state index is 0. The highest BCUT2D eigenvalue weighted by Gasteiger charge is 2.11. The summed E-state index contributed by atoms with van der Waals surface area (Å²) in [6, 6.07) is 0. The third kappa shape index (κ3) is 11.6. The summed E-state index contributed by atoms with van der Waals surface area (Å²) in [6.45, 7) is 1.93. The Morgan fingerprint density at radius 3 is 1.86 bits per heavy atom. The van der Waals surface area contributed by atoms with Gasteiger partial charge in [-0.15, -0.1) is 0 Å². The Bertz CT molecular complexity index is 181. The molecule has 0 unspecified atom stereocenters. The largest absolute Gasteiger partial charge is 0.361 e. The number of nitrogens with one attached hydrogen (secondary N) is 1. The monoisotopic (exact) mass is 240 g/mol. The van der Waals surface area contributed by atoms with Crippen molar-refractivity contribution in [3.05, 3.63) is 0 Å². The lowest BCUT2D eigenvalue weighted by molar-refractivity contribution is 0.218. The van der Waals surface area contributed by atoms with Gasteiger partial charge in [-0.3, -0.25) is 15.0 Å². The number of nitrogens with zero attached hydrogens (tertiary/aromatic N) is 1. The molecule has 1 aliphatic heterocycles. The standard InChI is InChI=1S/C5H10N2OS.CH3NOS.H3N/c8-5(9)6-7-3-1-2-4-7;2-1(3)4;/h1-4H2,(H2,6,8,9);(H3,2,3,4);1H3. The van der Waals surface area contributed by atoms with Crippen molar-refractivity contribution in [1.29, 1.82) is 0 Å². The van der Waals surface area contributed by atoms with Crippen LogP contribution in [0, 0.1) is 0 Å². The van der Waals surface area contributed by atoms with Crippen LogP contribution in [-0.4, -0.2) is 28.6 Å². The maximum Gasteiger partial charge on any atom is 0.290 e. The molecule has 14 heavy (non-hydrogen) atoms. The van der Waals surface area contributed by atoms with E-state index < -0.39 is 5.24 Å². The fraction of sp³-hybridized carbons (Fsp3) is 0.667. The van der Waals surface area contributed by atoms with Crippen LogP contribution in [0.25, 0.3) is 0 Å². The van der Waals surface area contributed by atoms with Gasteiger partial charge in [-0.25, -0.2) is 5.01 Å². The van der Waals surface area contributed by atoms with Gasteiger partial charge in [0.1, 0.15) is 0 Å². The molecule has 0 bridgehead atoms. The third-order valence-corrected chi connectivity index (χ3v) is 1.46. The second kappa shape index (κ2) is 9.13. The minimum Gasteiger partial charge on any atom is -0.361 e. The molecule has 0 atom stereocenters. The first kappa shape index (κ1) is 16.0. The molecule has 6 N–H and O–H groups in total. The fourth-order valence-electron chi connectivity index (χ4n) is 0.964. The van der Waals surface area contributed by atoms with Crippen molar-refractivity contribution in [2.45, 2.75) is 12.8 Å². The summed E-state index contributed by atoms with van der Waals surface area (Å²) in [6.07, 6.45) is 2.35. The Morgan fingerprint density at radius 1 is 1.21 bits per heavy atom. The quantitative estimate of drug-likeness (QED) is 0.436. The molecule has 8 heteroatoms. The molecule has 0 spiro atoms. The minimum atomic E-state index is -0.639. The van der Waals surface area contributed by atoms with Crippen LogP contribution in [0.1, 0.15) is 12.8 Å². The van der Waals surface area contributed by atoms with Crippen molar-refractivity contribution < 1.29 is 9.59 Å². The van der Waals surface area contributed by atoms with Gasteiger partial charge < -0.3 is 11.9 Å². The highest BCUT2D eigenvalue weighted by molar-refractivity contribution is 7.96. The van der Waals surface area contributed by atoms with Crippen LogP contribution in [0.4, 0.5) is 9.59 Å². The second-order valence-corrected chi connectivity index (χ2v) is 3.30. The van der Waals surface area contributed by atoms with E-state index in [0.29, 0.717) is 0 Å². The van der Waals surface area contributed by atoms with Gasteiger partial charge in [-0.2, -0.15) is 0 Å². The Labute approximate surface area is 94.0 Å². The zero-order valence-electron chi connectivity index (χ0n) is 7.77. The van der Waals surface area contributed by atoms with Gasteiger partial charge >= 0.3 is 0 Å². The van der Waals surface area contributed by atoms with Crippen molar-refractivity contribution in [2.75, 3.05) is 13.1 Å². The number of hydrazine groups is 1. The summed E-state index contributed by atoms with van der Waals surface area (Å²) < 4.78 is 0. The van der Waals surface area contributed by atoms with Gasteiger partial charge in [0.2, 0.25) is 0 Å². The van der Waals surface area contributed by atoms with Crippen molar-refractivity contribution in [3.63, 3.8) is 0 Å². The lowest BCUT2D eigenvalue weighted by atomic mass is 10.4. The third-order valence-electron chi connectivity index (χ3n) is 1.36. The fourth-order valence-corrected chi connectivity index (χ4v) is 1.11. The Hall–Kier alpha value is -0.440. The molecule has 6 nitrogen and oxygen atoms in total. The normalized spacial score (nSPS) is 14.7. The van der Waals surface area contributed by atoms with E-state index in [4.69, 9.17) is 4.79 Å². The molecule has 1 aliphatic rings. The Balaban J connectivity index is 0. The molecule has 0 aromatic rings. The predicted octanol–water partition coefficient (Wildman–Crippen LogP) is 0.793. The summed E-state index contributed by atoms with van der Waals surface area (Å²) in [4.78, 5) is 19.4. The molecule has 0 saturated carbocycles. The van der Waals surface area contributed by atoms with Crippen molar-refractivity contribution in [1.82, 2.24) is 16.6 Å². The SMILES string of the molecule is N.NC(=O)S.O=C(S)NN1CCCC1. The van der Waals surface area contributed by atoms with Crippen LogP contribution in [0.15, 0.2) is 0 Å². The number of thiol groups is 2. The maximum absolute atomic E-state index is 10.3. The average molecular weight is 240 g/mol. The van der Waals surface area contributed by atoms with E-state index in [-0.39, 0.29) is 11.4 Å². The van der Waals surface area contributed by atoms with Gasteiger partial charge in [0, 0.05) is 13.1 Å². The van der Waals surface area contributed by atoms with Crippen molar-refractivity contribution >= 4 is 35.7 Å². The molecule has 0 aromatic carbocycles. The van der Waals surface area contributed by atoms with E-state index >= 15 is 0 Å². The van der Waals surface area contributed by atoms with Crippen LogP contribution in [0.2, 0.25) is 0 Å². The van der Waals surface area contributed by atoms with Gasteiger partial charge in [0.05, 0.1) is 0 Å². The molecular weight excluding hydrogens is 224 g/mol. The van der Waals surface area contributed by atoms with Gasteiger partial charge in [0.15, 0.2) is 0 Å². The van der Waals surface area contributed by atoms with E-state index in [0.717, 1.165) is 13.1 Å². The second-order valence-electron chi connectivity index (χ2n) is 2.45. The first-order valence-electron chi connectivity index (χ1n) is 3.75. The first-order chi connectivity index (χ1) is 6.02. The Kier molecular flexibility index (Phi) is 10.4. The van der Waals surface area contributed by atoms with E-state index in [1.165, 1.54) is 12.8 Å². The van der Waals surface area contributed by atoms with Crippen molar-refractivity contribution in [2.24, 2.45) is 5.73 Å². The van der Waals surface area contributed by atoms with Gasteiger partial charge in [-0.05, 0) is 12.8 Å². The smallest absolute Gasteiger partial charge is 0.290 e. The van der Waals surface area contributed by atoms with E-state index in [1.54, 1.807) is 0 Å². The van der Waals surface area contributed by atoms with E-state index in [9.17, 15) is 4.79 Å². The highest BCUT2D eigenvalue weighted by atomic mass is 32.1. The number of hydrogen-bond acceptors (Lipinski definition) is 4. The zero-order chi connectivity index (χ0) is 10.3. The molecular formula is C6H16N4O2S2. The van der Waals surface area contributed by atoms with Crippen LogP contribution in [0.3, 0.4) is 0 Å². The summed E-state index contributed by atoms with van der Waals surface area (Å²) in [5, 5.41) is 0.979. The van der Waals surface area contributed by atoms with Gasteiger partial charge in [-0.1, -0.05) is 25.3 Å². The Morgan fingerprint density at radius 2 is 1.57 bits per heavy atom.